The standard InChI is InChI=1S/C21H25N5OS/c1-5-17-7-9-18(10-8-17)16(4)22-20(27)13-28-21-23-24-25-26(21)19-11-6-14(2)12-15(19)3/h6-12,16H,5,13H2,1-4H3,(H,22,27)/t16-/m1/s1. The van der Waals surface area contributed by atoms with Crippen LogP contribution in [0.2, 0.25) is 0 Å². The molecule has 1 atom stereocenters. The van der Waals surface area contributed by atoms with Crippen molar-refractivity contribution in [3.63, 3.8) is 0 Å². The fourth-order valence-corrected chi connectivity index (χ4v) is 3.70. The van der Waals surface area contributed by atoms with Crippen LogP contribution in [0.25, 0.3) is 5.69 Å². The van der Waals surface area contributed by atoms with E-state index in [2.05, 4.69) is 58.1 Å². The van der Waals surface area contributed by atoms with E-state index in [-0.39, 0.29) is 17.7 Å². The molecule has 0 unspecified atom stereocenters. The Morgan fingerprint density at radius 1 is 1.18 bits per heavy atom. The minimum atomic E-state index is -0.0488. The maximum Gasteiger partial charge on any atom is 0.230 e. The van der Waals surface area contributed by atoms with Gasteiger partial charge in [0.05, 0.1) is 17.5 Å². The smallest absolute Gasteiger partial charge is 0.230 e. The van der Waals surface area contributed by atoms with Crippen molar-refractivity contribution in [3.05, 3.63) is 64.7 Å². The topological polar surface area (TPSA) is 72.7 Å². The first-order valence-corrected chi connectivity index (χ1v) is 10.3. The third-order valence-electron chi connectivity index (χ3n) is 4.62. The van der Waals surface area contributed by atoms with E-state index in [1.807, 2.05) is 32.9 Å². The lowest BCUT2D eigenvalue weighted by molar-refractivity contribution is -0.119. The largest absolute Gasteiger partial charge is 0.349 e. The highest BCUT2D eigenvalue weighted by molar-refractivity contribution is 7.99. The van der Waals surface area contributed by atoms with Crippen LogP contribution in [0.5, 0.6) is 0 Å². The highest BCUT2D eigenvalue weighted by Gasteiger charge is 2.15. The van der Waals surface area contributed by atoms with Crippen molar-refractivity contribution in [1.82, 2.24) is 25.5 Å². The summed E-state index contributed by atoms with van der Waals surface area (Å²) in [7, 11) is 0. The molecule has 2 aromatic carbocycles. The van der Waals surface area contributed by atoms with Crippen molar-refractivity contribution in [2.24, 2.45) is 0 Å². The minimum Gasteiger partial charge on any atom is -0.349 e. The van der Waals surface area contributed by atoms with Crippen LogP contribution in [-0.4, -0.2) is 31.9 Å². The van der Waals surface area contributed by atoms with E-state index in [1.165, 1.54) is 22.9 Å². The zero-order valence-corrected chi connectivity index (χ0v) is 17.5. The van der Waals surface area contributed by atoms with Crippen molar-refractivity contribution in [3.8, 4) is 5.69 Å². The van der Waals surface area contributed by atoms with Crippen LogP contribution in [0.4, 0.5) is 0 Å². The summed E-state index contributed by atoms with van der Waals surface area (Å²) in [5.74, 6) is 0.204. The molecule has 7 heteroatoms. The minimum absolute atomic E-state index is 0.0469. The fourth-order valence-electron chi connectivity index (χ4n) is 3.00. The molecule has 1 N–H and O–H groups in total. The molecule has 28 heavy (non-hydrogen) atoms. The predicted octanol–water partition coefficient (Wildman–Crippen LogP) is 3.81. The zero-order valence-electron chi connectivity index (χ0n) is 16.6. The lowest BCUT2D eigenvalue weighted by Gasteiger charge is -2.14. The molecule has 1 aromatic heterocycles. The Morgan fingerprint density at radius 2 is 1.93 bits per heavy atom. The SMILES string of the molecule is CCc1ccc([C@@H](C)NC(=O)CSc2nnnn2-c2ccc(C)cc2C)cc1. The summed E-state index contributed by atoms with van der Waals surface area (Å²) in [6.07, 6.45) is 1.01. The third kappa shape index (κ3) is 4.78. The average Bonchev–Trinajstić information content (AvgIpc) is 3.14. The normalized spacial score (nSPS) is 12.0. The van der Waals surface area contributed by atoms with Crippen LogP contribution in [0.3, 0.4) is 0 Å². The van der Waals surface area contributed by atoms with Gasteiger partial charge in [-0.25, -0.2) is 0 Å². The zero-order chi connectivity index (χ0) is 20.1. The average molecular weight is 396 g/mol. The van der Waals surface area contributed by atoms with E-state index in [1.54, 1.807) is 4.68 Å². The molecule has 6 nitrogen and oxygen atoms in total. The summed E-state index contributed by atoms with van der Waals surface area (Å²) in [6.45, 7) is 8.19. The predicted molar refractivity (Wildman–Crippen MR) is 112 cm³/mol. The summed E-state index contributed by atoms with van der Waals surface area (Å²) in [5, 5.41) is 15.6. The van der Waals surface area contributed by atoms with Gasteiger partial charge in [-0.2, -0.15) is 4.68 Å². The number of hydrogen-bond acceptors (Lipinski definition) is 5. The van der Waals surface area contributed by atoms with Crippen molar-refractivity contribution < 1.29 is 4.79 Å². The number of carbonyl (C=O) groups excluding carboxylic acids is 1. The Hall–Kier alpha value is -2.67. The second-order valence-corrected chi connectivity index (χ2v) is 7.78. The number of amides is 1. The maximum absolute atomic E-state index is 12.4. The van der Waals surface area contributed by atoms with Crippen molar-refractivity contribution >= 4 is 17.7 Å². The first-order valence-electron chi connectivity index (χ1n) is 9.35. The Labute approximate surface area is 169 Å². The monoisotopic (exact) mass is 395 g/mol. The van der Waals surface area contributed by atoms with Gasteiger partial charge in [0.25, 0.3) is 0 Å². The summed E-state index contributed by atoms with van der Waals surface area (Å²) < 4.78 is 1.68. The number of benzene rings is 2. The van der Waals surface area contributed by atoms with E-state index < -0.39 is 0 Å². The third-order valence-corrected chi connectivity index (χ3v) is 5.54. The van der Waals surface area contributed by atoms with Gasteiger partial charge in [0.15, 0.2) is 0 Å². The van der Waals surface area contributed by atoms with Crippen LogP contribution < -0.4 is 5.32 Å². The molecule has 3 aromatic rings. The number of carbonyl (C=O) groups is 1. The Balaban J connectivity index is 1.61. The lowest BCUT2D eigenvalue weighted by atomic mass is 10.1. The summed E-state index contributed by atoms with van der Waals surface area (Å²) in [4.78, 5) is 12.4. The van der Waals surface area contributed by atoms with E-state index in [0.29, 0.717) is 5.16 Å². The molecule has 0 radical (unpaired) electrons. The molecule has 1 heterocycles. The highest BCUT2D eigenvalue weighted by Crippen LogP contribution is 2.21. The molecule has 146 valence electrons. The fraction of sp³-hybridized carbons (Fsp3) is 0.333. The number of thioether (sulfide) groups is 1. The van der Waals surface area contributed by atoms with Crippen LogP contribution in [0.1, 0.15) is 42.1 Å². The first-order chi connectivity index (χ1) is 13.5. The van der Waals surface area contributed by atoms with Gasteiger partial charge < -0.3 is 5.32 Å². The van der Waals surface area contributed by atoms with Crippen LogP contribution in [0, 0.1) is 13.8 Å². The van der Waals surface area contributed by atoms with Crippen molar-refractivity contribution in [2.45, 2.75) is 45.3 Å². The molecule has 0 saturated carbocycles. The molecule has 1 amide bonds. The van der Waals surface area contributed by atoms with Gasteiger partial charge in [0.1, 0.15) is 0 Å². The van der Waals surface area contributed by atoms with Gasteiger partial charge in [-0.15, -0.1) is 5.10 Å². The van der Waals surface area contributed by atoms with Gasteiger partial charge in [0.2, 0.25) is 11.1 Å². The maximum atomic E-state index is 12.4. The number of aryl methyl sites for hydroxylation is 3. The lowest BCUT2D eigenvalue weighted by Crippen LogP contribution is -2.28. The van der Waals surface area contributed by atoms with Gasteiger partial charge in [0, 0.05) is 0 Å². The quantitative estimate of drug-likeness (QED) is 0.616. The summed E-state index contributed by atoms with van der Waals surface area (Å²) >= 11 is 1.33. The molecule has 0 bridgehead atoms. The molecule has 0 aliphatic carbocycles. The van der Waals surface area contributed by atoms with Crippen molar-refractivity contribution in [1.29, 1.82) is 0 Å². The second-order valence-electron chi connectivity index (χ2n) is 6.84. The number of hydrogen-bond donors (Lipinski definition) is 1. The van der Waals surface area contributed by atoms with E-state index >= 15 is 0 Å². The molecule has 0 aliphatic heterocycles. The number of nitrogens with one attached hydrogen (secondary N) is 1. The molecule has 0 fully saturated rings. The summed E-state index contributed by atoms with van der Waals surface area (Å²) in [6, 6.07) is 14.4. The van der Waals surface area contributed by atoms with Crippen LogP contribution in [0.15, 0.2) is 47.6 Å². The first kappa shape index (κ1) is 20.1. The number of aromatic nitrogens is 4. The number of nitrogens with zero attached hydrogens (tertiary/aromatic N) is 4. The van der Waals surface area contributed by atoms with E-state index in [4.69, 9.17) is 0 Å². The Bertz CT molecular complexity index is 952. The Morgan fingerprint density at radius 3 is 2.61 bits per heavy atom. The molecular weight excluding hydrogens is 370 g/mol. The number of tetrazole rings is 1. The second kappa shape index (κ2) is 9.01. The van der Waals surface area contributed by atoms with Gasteiger partial charge in [-0.3, -0.25) is 4.79 Å². The van der Waals surface area contributed by atoms with Crippen LogP contribution in [-0.2, 0) is 11.2 Å². The Kier molecular flexibility index (Phi) is 6.46. The molecule has 0 spiro atoms. The van der Waals surface area contributed by atoms with E-state index in [0.717, 1.165) is 23.2 Å². The van der Waals surface area contributed by atoms with Gasteiger partial charge in [-0.1, -0.05) is 60.6 Å². The van der Waals surface area contributed by atoms with E-state index in [9.17, 15) is 4.79 Å². The number of rotatable bonds is 7. The molecule has 0 aliphatic rings. The summed E-state index contributed by atoms with van der Waals surface area (Å²) in [5.41, 5.74) is 5.57. The highest BCUT2D eigenvalue weighted by atomic mass is 32.2. The van der Waals surface area contributed by atoms with Gasteiger partial charge in [-0.05, 0) is 60.4 Å². The van der Waals surface area contributed by atoms with Crippen LogP contribution >= 0.6 is 11.8 Å². The molecular formula is C21H25N5OS. The molecule has 0 saturated heterocycles. The van der Waals surface area contributed by atoms with Crippen molar-refractivity contribution in [2.75, 3.05) is 5.75 Å². The van der Waals surface area contributed by atoms with Gasteiger partial charge >= 0.3 is 0 Å². The molecule has 3 rings (SSSR count).